The number of rotatable bonds is 3. The predicted octanol–water partition coefficient (Wildman–Crippen LogP) is 2.72. The van der Waals surface area contributed by atoms with Gasteiger partial charge in [-0.15, -0.1) is 0 Å². The molecule has 2 unspecified atom stereocenters. The van der Waals surface area contributed by atoms with Crippen LogP contribution in [-0.2, 0) is 9.59 Å². The predicted molar refractivity (Wildman–Crippen MR) is 83.8 cm³/mol. The van der Waals surface area contributed by atoms with E-state index in [9.17, 15) is 9.59 Å². The van der Waals surface area contributed by atoms with Crippen molar-refractivity contribution in [1.29, 1.82) is 0 Å². The molecule has 1 N–H and O–H groups in total. The van der Waals surface area contributed by atoms with Crippen LogP contribution in [0.25, 0.3) is 0 Å². The van der Waals surface area contributed by atoms with Crippen LogP contribution in [0.5, 0.6) is 0 Å². The Hall–Kier alpha value is -1.06. The first-order valence-corrected chi connectivity index (χ1v) is 8.32. The fourth-order valence-electron chi connectivity index (χ4n) is 3.55. The highest BCUT2D eigenvalue weighted by molar-refractivity contribution is 6.00. The van der Waals surface area contributed by atoms with Crippen molar-refractivity contribution in [3.63, 3.8) is 0 Å². The van der Waals surface area contributed by atoms with Crippen LogP contribution in [0.4, 0.5) is 0 Å². The highest BCUT2D eigenvalue weighted by Crippen LogP contribution is 2.34. The van der Waals surface area contributed by atoms with Crippen LogP contribution in [0, 0.1) is 11.3 Å². The molecule has 2 aliphatic rings. The molecule has 21 heavy (non-hydrogen) atoms. The minimum Gasteiger partial charge on any atom is -0.342 e. The Morgan fingerprint density at radius 1 is 1.24 bits per heavy atom. The van der Waals surface area contributed by atoms with Crippen molar-refractivity contribution < 1.29 is 9.59 Å². The zero-order chi connectivity index (χ0) is 15.8. The van der Waals surface area contributed by atoms with Gasteiger partial charge in [0.15, 0.2) is 0 Å². The molecule has 2 amide bonds. The van der Waals surface area contributed by atoms with E-state index in [1.54, 1.807) is 0 Å². The Bertz CT molecular complexity index is 421. The number of carbonyl (C=O) groups is 2. The molecule has 2 atom stereocenters. The Balaban J connectivity index is 2.28. The molecule has 4 nitrogen and oxygen atoms in total. The standard InChI is InChI=1S/C17H30N2O2/c1-6-17(5)15(21)18-13(16(2,3)4)14(20)19(17)11-12-9-7-8-10-12/h12-13H,6-11H2,1-5H3,(H,18,21). The maximum absolute atomic E-state index is 13.0. The van der Waals surface area contributed by atoms with Crippen molar-refractivity contribution in [1.82, 2.24) is 10.2 Å². The largest absolute Gasteiger partial charge is 0.342 e. The van der Waals surface area contributed by atoms with Crippen LogP contribution in [0.3, 0.4) is 0 Å². The topological polar surface area (TPSA) is 49.4 Å². The Labute approximate surface area is 128 Å². The van der Waals surface area contributed by atoms with Gasteiger partial charge >= 0.3 is 0 Å². The van der Waals surface area contributed by atoms with Crippen LogP contribution in [0.2, 0.25) is 0 Å². The fraction of sp³-hybridized carbons (Fsp3) is 0.882. The van der Waals surface area contributed by atoms with E-state index >= 15 is 0 Å². The molecule has 1 heterocycles. The summed E-state index contributed by atoms with van der Waals surface area (Å²) in [5.41, 5.74) is -0.947. The van der Waals surface area contributed by atoms with Crippen LogP contribution in [0.1, 0.15) is 66.7 Å². The molecule has 1 saturated carbocycles. The maximum Gasteiger partial charge on any atom is 0.246 e. The van der Waals surface area contributed by atoms with Gasteiger partial charge in [-0.3, -0.25) is 9.59 Å². The SMILES string of the molecule is CCC1(C)C(=O)NC(C(C)(C)C)C(=O)N1CC1CCCC1. The lowest BCUT2D eigenvalue weighted by Crippen LogP contribution is -2.72. The minimum atomic E-state index is -0.693. The van der Waals surface area contributed by atoms with Gasteiger partial charge in [-0.1, -0.05) is 40.5 Å². The number of hydrogen-bond donors (Lipinski definition) is 1. The third-order valence-corrected chi connectivity index (χ3v) is 5.34. The molecule has 0 bridgehead atoms. The van der Waals surface area contributed by atoms with Gasteiger partial charge in [0.25, 0.3) is 0 Å². The first-order chi connectivity index (χ1) is 9.70. The minimum absolute atomic E-state index is 0.00234. The Kier molecular flexibility index (Phi) is 4.36. The van der Waals surface area contributed by atoms with Crippen LogP contribution in [-0.4, -0.2) is 34.8 Å². The van der Waals surface area contributed by atoms with Crippen molar-refractivity contribution in [3.05, 3.63) is 0 Å². The summed E-state index contributed by atoms with van der Waals surface area (Å²) in [6.45, 7) is 10.7. The molecule has 0 aromatic heterocycles. The number of amides is 2. The van der Waals surface area contributed by atoms with E-state index in [1.807, 2.05) is 39.5 Å². The summed E-state index contributed by atoms with van der Waals surface area (Å²) in [6, 6.07) is -0.411. The molecule has 1 saturated heterocycles. The quantitative estimate of drug-likeness (QED) is 0.870. The normalized spacial score (nSPS) is 31.7. The zero-order valence-corrected chi connectivity index (χ0v) is 14.2. The van der Waals surface area contributed by atoms with Gasteiger partial charge in [0.1, 0.15) is 11.6 Å². The second-order valence-corrected chi connectivity index (χ2v) is 8.00. The number of nitrogens with one attached hydrogen (secondary N) is 1. The molecule has 0 radical (unpaired) electrons. The molecule has 2 fully saturated rings. The molecule has 0 aromatic rings. The Morgan fingerprint density at radius 3 is 2.29 bits per heavy atom. The lowest BCUT2D eigenvalue weighted by atomic mass is 9.80. The van der Waals surface area contributed by atoms with E-state index in [0.29, 0.717) is 12.3 Å². The molecule has 2 rings (SSSR count). The van der Waals surface area contributed by atoms with E-state index in [-0.39, 0.29) is 17.2 Å². The van der Waals surface area contributed by atoms with Gasteiger partial charge in [0.05, 0.1) is 0 Å². The van der Waals surface area contributed by atoms with E-state index in [2.05, 4.69) is 5.32 Å². The highest BCUT2D eigenvalue weighted by Gasteiger charge is 2.51. The average Bonchev–Trinajstić information content (AvgIpc) is 2.90. The third-order valence-electron chi connectivity index (χ3n) is 5.34. The van der Waals surface area contributed by atoms with Crippen LogP contribution < -0.4 is 5.32 Å². The molecular weight excluding hydrogens is 264 g/mol. The molecule has 120 valence electrons. The maximum atomic E-state index is 13.0. The second-order valence-electron chi connectivity index (χ2n) is 8.00. The molecule has 0 aromatic carbocycles. The van der Waals surface area contributed by atoms with Crippen molar-refractivity contribution in [3.8, 4) is 0 Å². The molecule has 4 heteroatoms. The smallest absolute Gasteiger partial charge is 0.246 e. The number of hydrogen-bond acceptors (Lipinski definition) is 2. The molecular formula is C17H30N2O2. The highest BCUT2D eigenvalue weighted by atomic mass is 16.2. The van der Waals surface area contributed by atoms with Crippen molar-refractivity contribution in [2.45, 2.75) is 78.3 Å². The lowest BCUT2D eigenvalue weighted by molar-refractivity contribution is -0.160. The summed E-state index contributed by atoms with van der Waals surface area (Å²) in [5, 5.41) is 2.97. The Morgan fingerprint density at radius 2 is 1.81 bits per heavy atom. The van der Waals surface area contributed by atoms with Gasteiger partial charge in [-0.2, -0.15) is 0 Å². The van der Waals surface area contributed by atoms with Gasteiger partial charge in [0.2, 0.25) is 11.8 Å². The summed E-state index contributed by atoms with van der Waals surface area (Å²) < 4.78 is 0. The van der Waals surface area contributed by atoms with Crippen molar-refractivity contribution in [2.24, 2.45) is 11.3 Å². The van der Waals surface area contributed by atoms with Gasteiger partial charge in [-0.05, 0) is 37.5 Å². The number of piperazine rings is 1. The summed E-state index contributed by atoms with van der Waals surface area (Å²) in [4.78, 5) is 27.5. The van der Waals surface area contributed by atoms with Crippen molar-refractivity contribution >= 4 is 11.8 Å². The summed E-state index contributed by atoms with van der Waals surface area (Å²) in [5.74, 6) is 0.659. The van der Waals surface area contributed by atoms with E-state index in [0.717, 1.165) is 6.54 Å². The van der Waals surface area contributed by atoms with Gasteiger partial charge in [0, 0.05) is 6.54 Å². The summed E-state index contributed by atoms with van der Waals surface area (Å²) >= 11 is 0. The van der Waals surface area contributed by atoms with Gasteiger partial charge in [-0.25, -0.2) is 0 Å². The summed E-state index contributed by atoms with van der Waals surface area (Å²) in [7, 11) is 0. The van der Waals surface area contributed by atoms with Crippen molar-refractivity contribution in [2.75, 3.05) is 6.54 Å². The molecule has 1 aliphatic carbocycles. The van der Waals surface area contributed by atoms with E-state index in [4.69, 9.17) is 0 Å². The number of carbonyl (C=O) groups excluding carboxylic acids is 2. The van der Waals surface area contributed by atoms with Crippen LogP contribution in [0.15, 0.2) is 0 Å². The van der Waals surface area contributed by atoms with Gasteiger partial charge < -0.3 is 10.2 Å². The lowest BCUT2D eigenvalue weighted by Gasteiger charge is -2.49. The number of nitrogens with zero attached hydrogens (tertiary/aromatic N) is 1. The zero-order valence-electron chi connectivity index (χ0n) is 14.2. The molecule has 1 aliphatic heterocycles. The molecule has 0 spiro atoms. The fourth-order valence-corrected chi connectivity index (χ4v) is 3.55. The summed E-state index contributed by atoms with van der Waals surface area (Å²) in [6.07, 6.45) is 5.54. The van der Waals surface area contributed by atoms with E-state index < -0.39 is 11.6 Å². The van der Waals surface area contributed by atoms with E-state index in [1.165, 1.54) is 25.7 Å². The first kappa shape index (κ1) is 16.3. The monoisotopic (exact) mass is 294 g/mol. The third kappa shape index (κ3) is 2.95. The van der Waals surface area contributed by atoms with Crippen LogP contribution >= 0.6 is 0 Å². The average molecular weight is 294 g/mol. The first-order valence-electron chi connectivity index (χ1n) is 8.32. The second kappa shape index (κ2) is 5.62.